The van der Waals surface area contributed by atoms with Gasteiger partial charge in [0.15, 0.2) is 0 Å². The SMILES string of the molecule is Cc1ccc(OC(F)F)c(NC(=O)C(C)n2cc([N+](=O)[O-])cn2)c1. The number of benzene rings is 1. The minimum absolute atomic E-state index is 0.0776. The third-order valence-electron chi connectivity index (χ3n) is 3.18. The van der Waals surface area contributed by atoms with Crippen molar-refractivity contribution >= 4 is 17.3 Å². The van der Waals surface area contributed by atoms with Gasteiger partial charge in [-0.1, -0.05) is 6.07 Å². The molecule has 2 aromatic rings. The lowest BCUT2D eigenvalue weighted by Gasteiger charge is -2.16. The maximum absolute atomic E-state index is 12.4. The van der Waals surface area contributed by atoms with Crippen molar-refractivity contribution in [2.24, 2.45) is 0 Å². The zero-order valence-electron chi connectivity index (χ0n) is 12.8. The summed E-state index contributed by atoms with van der Waals surface area (Å²) in [6.07, 6.45) is 2.12. The molecule has 10 heteroatoms. The number of anilines is 1. The molecule has 0 aliphatic carbocycles. The van der Waals surface area contributed by atoms with Crippen molar-refractivity contribution in [1.29, 1.82) is 0 Å². The van der Waals surface area contributed by atoms with Crippen molar-refractivity contribution in [3.05, 3.63) is 46.3 Å². The number of carbonyl (C=O) groups excluding carboxylic acids is 1. The molecule has 0 aliphatic rings. The summed E-state index contributed by atoms with van der Waals surface area (Å²) in [4.78, 5) is 22.3. The molecule has 1 atom stereocenters. The van der Waals surface area contributed by atoms with E-state index in [4.69, 9.17) is 0 Å². The summed E-state index contributed by atoms with van der Waals surface area (Å²) in [5.41, 5.74) is 0.551. The molecule has 24 heavy (non-hydrogen) atoms. The Morgan fingerprint density at radius 3 is 2.75 bits per heavy atom. The van der Waals surface area contributed by atoms with Crippen LogP contribution in [0.4, 0.5) is 20.2 Å². The van der Waals surface area contributed by atoms with E-state index in [2.05, 4.69) is 15.2 Å². The highest BCUT2D eigenvalue weighted by molar-refractivity contribution is 5.94. The van der Waals surface area contributed by atoms with Crippen molar-refractivity contribution in [2.75, 3.05) is 5.32 Å². The van der Waals surface area contributed by atoms with Crippen molar-refractivity contribution in [1.82, 2.24) is 9.78 Å². The van der Waals surface area contributed by atoms with Crippen LogP contribution >= 0.6 is 0 Å². The standard InChI is InChI=1S/C14H14F2N4O4/c1-8-3-4-12(24-14(15)16)11(5-8)18-13(21)9(2)19-7-10(6-17-19)20(22)23/h3-7,9,14H,1-2H3,(H,18,21). The average molecular weight is 340 g/mol. The maximum atomic E-state index is 12.4. The largest absolute Gasteiger partial charge is 0.433 e. The number of hydrogen-bond donors (Lipinski definition) is 1. The monoisotopic (exact) mass is 340 g/mol. The van der Waals surface area contributed by atoms with Crippen LogP contribution in [0.2, 0.25) is 0 Å². The summed E-state index contributed by atoms with van der Waals surface area (Å²) in [6, 6.07) is 3.47. The number of carbonyl (C=O) groups is 1. The predicted octanol–water partition coefficient (Wildman–Crippen LogP) is 2.90. The van der Waals surface area contributed by atoms with Crippen LogP contribution in [0.15, 0.2) is 30.6 Å². The van der Waals surface area contributed by atoms with Crippen LogP contribution in [0, 0.1) is 17.0 Å². The number of nitro groups is 1. The molecule has 1 heterocycles. The zero-order valence-corrected chi connectivity index (χ0v) is 12.8. The number of alkyl halides is 2. The fraction of sp³-hybridized carbons (Fsp3) is 0.286. The smallest absolute Gasteiger partial charge is 0.387 e. The second-order valence-corrected chi connectivity index (χ2v) is 4.98. The van der Waals surface area contributed by atoms with Crippen LogP contribution in [-0.4, -0.2) is 27.2 Å². The molecule has 128 valence electrons. The quantitative estimate of drug-likeness (QED) is 0.644. The molecule has 0 fully saturated rings. The van der Waals surface area contributed by atoms with Gasteiger partial charge in [0.1, 0.15) is 24.2 Å². The molecule has 0 spiro atoms. The number of hydrogen-bond acceptors (Lipinski definition) is 5. The lowest BCUT2D eigenvalue weighted by molar-refractivity contribution is -0.385. The van der Waals surface area contributed by atoms with Crippen molar-refractivity contribution in [3.8, 4) is 5.75 Å². The third-order valence-corrected chi connectivity index (χ3v) is 3.18. The van der Waals surface area contributed by atoms with E-state index in [-0.39, 0.29) is 17.1 Å². The first-order chi connectivity index (χ1) is 11.3. The van der Waals surface area contributed by atoms with E-state index in [0.29, 0.717) is 0 Å². The van der Waals surface area contributed by atoms with Crippen LogP contribution in [0.25, 0.3) is 0 Å². The van der Waals surface area contributed by atoms with Crippen molar-refractivity contribution in [2.45, 2.75) is 26.5 Å². The number of nitrogens with one attached hydrogen (secondary N) is 1. The maximum Gasteiger partial charge on any atom is 0.387 e. The van der Waals surface area contributed by atoms with E-state index in [1.165, 1.54) is 19.1 Å². The highest BCUT2D eigenvalue weighted by atomic mass is 19.3. The van der Waals surface area contributed by atoms with E-state index in [9.17, 15) is 23.7 Å². The molecule has 0 bridgehead atoms. The van der Waals surface area contributed by atoms with E-state index in [1.807, 2.05) is 0 Å². The fourth-order valence-corrected chi connectivity index (χ4v) is 1.93. The Kier molecular flexibility index (Phi) is 5.07. The van der Waals surface area contributed by atoms with Gasteiger partial charge in [-0.05, 0) is 31.5 Å². The predicted molar refractivity (Wildman–Crippen MR) is 80.0 cm³/mol. The average Bonchev–Trinajstić information content (AvgIpc) is 2.99. The molecule has 0 saturated carbocycles. The number of halogens is 2. The molecule has 2 rings (SSSR count). The molecule has 1 unspecified atom stereocenters. The summed E-state index contributed by atoms with van der Waals surface area (Å²) >= 11 is 0. The summed E-state index contributed by atoms with van der Waals surface area (Å²) in [7, 11) is 0. The number of amides is 1. The van der Waals surface area contributed by atoms with Crippen LogP contribution in [0.1, 0.15) is 18.5 Å². The van der Waals surface area contributed by atoms with Crippen LogP contribution in [-0.2, 0) is 4.79 Å². The molecule has 0 radical (unpaired) electrons. The Hall–Kier alpha value is -3.04. The van der Waals surface area contributed by atoms with E-state index >= 15 is 0 Å². The van der Waals surface area contributed by atoms with Gasteiger partial charge < -0.3 is 10.1 Å². The highest BCUT2D eigenvalue weighted by Gasteiger charge is 2.21. The molecular weight excluding hydrogens is 326 g/mol. The molecule has 1 amide bonds. The van der Waals surface area contributed by atoms with Crippen LogP contribution in [0.3, 0.4) is 0 Å². The second kappa shape index (κ2) is 7.02. The summed E-state index contributed by atoms with van der Waals surface area (Å²) < 4.78 is 30.3. The lowest BCUT2D eigenvalue weighted by Crippen LogP contribution is -2.24. The molecule has 1 N–H and O–H groups in total. The van der Waals surface area contributed by atoms with Gasteiger partial charge in [-0.25, -0.2) is 0 Å². The topological polar surface area (TPSA) is 99.3 Å². The zero-order chi connectivity index (χ0) is 17.9. The Morgan fingerprint density at radius 2 is 2.17 bits per heavy atom. The number of ether oxygens (including phenoxy) is 1. The highest BCUT2D eigenvalue weighted by Crippen LogP contribution is 2.28. The molecule has 1 aromatic heterocycles. The normalized spacial score (nSPS) is 12.0. The number of rotatable bonds is 6. The number of aryl methyl sites for hydroxylation is 1. The van der Waals surface area contributed by atoms with Gasteiger partial charge in [0, 0.05) is 0 Å². The van der Waals surface area contributed by atoms with E-state index < -0.39 is 23.5 Å². The molecular formula is C14H14F2N4O4. The summed E-state index contributed by atoms with van der Waals surface area (Å²) in [5.74, 6) is -0.764. The first kappa shape index (κ1) is 17.3. The number of nitrogens with zero attached hydrogens (tertiary/aromatic N) is 3. The summed E-state index contributed by atoms with van der Waals surface area (Å²) in [6.45, 7) is 0.159. The third kappa shape index (κ3) is 4.03. The lowest BCUT2D eigenvalue weighted by atomic mass is 10.2. The first-order valence-electron chi connectivity index (χ1n) is 6.83. The number of aromatic nitrogens is 2. The minimum atomic E-state index is -3.03. The van der Waals surface area contributed by atoms with Gasteiger partial charge in [0.25, 0.3) is 0 Å². The van der Waals surface area contributed by atoms with Gasteiger partial charge in [-0.3, -0.25) is 19.6 Å². The van der Waals surface area contributed by atoms with Crippen LogP contribution in [0.5, 0.6) is 5.75 Å². The van der Waals surface area contributed by atoms with E-state index in [0.717, 1.165) is 22.6 Å². The Balaban J connectivity index is 2.18. The molecule has 1 aromatic carbocycles. The van der Waals surface area contributed by atoms with Crippen molar-refractivity contribution in [3.63, 3.8) is 0 Å². The van der Waals surface area contributed by atoms with E-state index in [1.54, 1.807) is 13.0 Å². The second-order valence-electron chi connectivity index (χ2n) is 4.98. The van der Waals surface area contributed by atoms with Gasteiger partial charge in [-0.2, -0.15) is 13.9 Å². The van der Waals surface area contributed by atoms with Crippen LogP contribution < -0.4 is 10.1 Å². The fourth-order valence-electron chi connectivity index (χ4n) is 1.93. The first-order valence-corrected chi connectivity index (χ1v) is 6.83. The molecule has 8 nitrogen and oxygen atoms in total. The van der Waals surface area contributed by atoms with Gasteiger partial charge in [-0.15, -0.1) is 0 Å². The van der Waals surface area contributed by atoms with Gasteiger partial charge >= 0.3 is 12.3 Å². The molecule has 0 saturated heterocycles. The Morgan fingerprint density at radius 1 is 1.46 bits per heavy atom. The molecule has 0 aliphatic heterocycles. The van der Waals surface area contributed by atoms with Gasteiger partial charge in [0.2, 0.25) is 5.91 Å². The van der Waals surface area contributed by atoms with Gasteiger partial charge in [0.05, 0.1) is 10.6 Å². The Labute approximate surface area is 135 Å². The van der Waals surface area contributed by atoms with Crippen molar-refractivity contribution < 1.29 is 23.2 Å². The minimum Gasteiger partial charge on any atom is -0.433 e. The Bertz CT molecular complexity index is 763. The summed E-state index contributed by atoms with van der Waals surface area (Å²) in [5, 5.41) is 16.9.